The fourth-order valence-corrected chi connectivity index (χ4v) is 4.61. The van der Waals surface area contributed by atoms with Gasteiger partial charge in [-0.05, 0) is 13.3 Å². The molecule has 1 N–H and O–H groups in total. The van der Waals surface area contributed by atoms with Gasteiger partial charge in [-0.15, -0.1) is 11.8 Å². The van der Waals surface area contributed by atoms with Crippen LogP contribution in [0.2, 0.25) is 0 Å². The van der Waals surface area contributed by atoms with E-state index < -0.39 is 0 Å². The smallest absolute Gasteiger partial charge is 0.240 e. The van der Waals surface area contributed by atoms with Crippen molar-refractivity contribution in [2.24, 2.45) is 0 Å². The Morgan fingerprint density at radius 3 is 2.46 bits per heavy atom. The molecule has 0 radical (unpaired) electrons. The predicted octanol–water partition coefficient (Wildman–Crippen LogP) is -0.627. The van der Waals surface area contributed by atoms with Crippen molar-refractivity contribution in [1.82, 2.24) is 20.0 Å². The molecule has 2 atom stereocenters. The number of piperazine rings is 1. The normalized spacial score (nSPS) is 28.4. The van der Waals surface area contributed by atoms with E-state index in [0.717, 1.165) is 44.2 Å². The van der Waals surface area contributed by atoms with E-state index in [2.05, 4.69) is 10.2 Å². The fourth-order valence-electron chi connectivity index (χ4n) is 3.65. The van der Waals surface area contributed by atoms with Gasteiger partial charge in [0.05, 0.1) is 18.3 Å². The van der Waals surface area contributed by atoms with Gasteiger partial charge in [0.2, 0.25) is 11.8 Å². The van der Waals surface area contributed by atoms with E-state index in [-0.39, 0.29) is 30.1 Å². The Balaban J connectivity index is 1.45. The average Bonchev–Trinajstić information content (AvgIpc) is 3.25. The third-order valence-corrected chi connectivity index (χ3v) is 6.02. The molecule has 0 aromatic rings. The molecule has 3 heterocycles. The Morgan fingerprint density at radius 1 is 1.08 bits per heavy atom. The molecule has 134 valence electrons. The van der Waals surface area contributed by atoms with Crippen molar-refractivity contribution < 1.29 is 14.4 Å². The Morgan fingerprint density at radius 2 is 1.83 bits per heavy atom. The number of amides is 2. The van der Waals surface area contributed by atoms with Gasteiger partial charge < -0.3 is 15.1 Å². The van der Waals surface area contributed by atoms with Crippen LogP contribution in [0, 0.1) is 0 Å². The fraction of sp³-hybridized carbons (Fsp3) is 0.812. The van der Waals surface area contributed by atoms with Crippen LogP contribution in [0.4, 0.5) is 0 Å². The van der Waals surface area contributed by atoms with Crippen molar-refractivity contribution in [2.75, 3.05) is 50.9 Å². The van der Waals surface area contributed by atoms with Crippen molar-refractivity contribution in [2.45, 2.75) is 31.8 Å². The van der Waals surface area contributed by atoms with E-state index in [1.807, 2.05) is 16.7 Å². The molecule has 2 amide bonds. The number of rotatable bonds is 4. The highest BCUT2D eigenvalue weighted by molar-refractivity contribution is 7.99. The zero-order valence-corrected chi connectivity index (χ0v) is 15.0. The SMILES string of the molecule is CC(=O)CC(=O)N1CCN([C@@H]2CN[C@H](C(=O)N3CCSC3)C2)CC1. The average molecular weight is 354 g/mol. The van der Waals surface area contributed by atoms with Crippen LogP contribution in [0.25, 0.3) is 0 Å². The zero-order valence-electron chi connectivity index (χ0n) is 14.2. The van der Waals surface area contributed by atoms with E-state index in [0.29, 0.717) is 19.1 Å². The standard InChI is InChI=1S/C16H26N4O3S/c1-12(21)8-15(22)19-4-2-18(3-5-19)13-9-14(17-10-13)16(23)20-6-7-24-11-20/h13-14,17H,2-11H2,1H3/t13-,14-/m0/s1. The van der Waals surface area contributed by atoms with Gasteiger partial charge in [0.1, 0.15) is 5.78 Å². The van der Waals surface area contributed by atoms with Crippen LogP contribution in [0.3, 0.4) is 0 Å². The number of carbonyl (C=O) groups is 3. The largest absolute Gasteiger partial charge is 0.340 e. The highest BCUT2D eigenvalue weighted by Crippen LogP contribution is 2.21. The molecule has 0 aromatic carbocycles. The number of hydrogen-bond acceptors (Lipinski definition) is 6. The minimum Gasteiger partial charge on any atom is -0.340 e. The van der Waals surface area contributed by atoms with Gasteiger partial charge in [0, 0.05) is 51.1 Å². The second kappa shape index (κ2) is 7.84. The molecule has 0 saturated carbocycles. The number of carbonyl (C=O) groups excluding carboxylic acids is 3. The number of nitrogens with one attached hydrogen (secondary N) is 1. The summed E-state index contributed by atoms with van der Waals surface area (Å²) in [4.78, 5) is 41.6. The molecule has 3 fully saturated rings. The second-order valence-corrected chi connectivity index (χ2v) is 7.86. The summed E-state index contributed by atoms with van der Waals surface area (Å²) in [5.74, 6) is 1.95. The minimum atomic E-state index is -0.0798. The summed E-state index contributed by atoms with van der Waals surface area (Å²) in [5.41, 5.74) is 0. The van der Waals surface area contributed by atoms with Crippen LogP contribution >= 0.6 is 11.8 Å². The van der Waals surface area contributed by atoms with Gasteiger partial charge in [-0.1, -0.05) is 0 Å². The van der Waals surface area contributed by atoms with Crippen LogP contribution in [0.5, 0.6) is 0 Å². The Labute approximate surface area is 147 Å². The number of thioether (sulfide) groups is 1. The van der Waals surface area contributed by atoms with Gasteiger partial charge in [0.25, 0.3) is 0 Å². The third kappa shape index (κ3) is 4.10. The number of nitrogens with zero attached hydrogens (tertiary/aromatic N) is 3. The third-order valence-electron chi connectivity index (χ3n) is 5.05. The lowest BCUT2D eigenvalue weighted by atomic mass is 10.1. The summed E-state index contributed by atoms with van der Waals surface area (Å²) in [6.45, 7) is 6.12. The maximum absolute atomic E-state index is 12.5. The highest BCUT2D eigenvalue weighted by Gasteiger charge is 2.37. The van der Waals surface area contributed by atoms with E-state index in [9.17, 15) is 14.4 Å². The van der Waals surface area contributed by atoms with E-state index >= 15 is 0 Å². The molecule has 7 nitrogen and oxygen atoms in total. The summed E-state index contributed by atoms with van der Waals surface area (Å²) in [6, 6.07) is 0.297. The first-order valence-electron chi connectivity index (χ1n) is 8.66. The van der Waals surface area contributed by atoms with E-state index in [1.54, 1.807) is 4.90 Å². The lowest BCUT2D eigenvalue weighted by Gasteiger charge is -2.37. The van der Waals surface area contributed by atoms with Gasteiger partial charge in [-0.25, -0.2) is 0 Å². The van der Waals surface area contributed by atoms with Crippen molar-refractivity contribution in [3.63, 3.8) is 0 Å². The summed E-state index contributed by atoms with van der Waals surface area (Å²) < 4.78 is 0. The van der Waals surface area contributed by atoms with Crippen LogP contribution in [-0.4, -0.2) is 95.3 Å². The van der Waals surface area contributed by atoms with Gasteiger partial charge >= 0.3 is 0 Å². The summed E-state index contributed by atoms with van der Waals surface area (Å²) in [6.07, 6.45) is 0.858. The molecule has 8 heteroatoms. The summed E-state index contributed by atoms with van der Waals surface area (Å²) >= 11 is 1.81. The monoisotopic (exact) mass is 354 g/mol. The first-order chi connectivity index (χ1) is 11.5. The maximum Gasteiger partial charge on any atom is 0.240 e. The van der Waals surface area contributed by atoms with Crippen LogP contribution in [0.1, 0.15) is 19.8 Å². The van der Waals surface area contributed by atoms with Gasteiger partial charge in [-0.2, -0.15) is 0 Å². The summed E-state index contributed by atoms with van der Waals surface area (Å²) in [7, 11) is 0. The van der Waals surface area contributed by atoms with Crippen molar-refractivity contribution in [1.29, 1.82) is 0 Å². The summed E-state index contributed by atoms with van der Waals surface area (Å²) in [5, 5.41) is 3.37. The zero-order chi connectivity index (χ0) is 17.1. The first-order valence-corrected chi connectivity index (χ1v) is 9.81. The molecule has 3 aliphatic heterocycles. The molecule has 24 heavy (non-hydrogen) atoms. The van der Waals surface area contributed by atoms with E-state index in [1.165, 1.54) is 6.92 Å². The molecule has 0 unspecified atom stereocenters. The quantitative estimate of drug-likeness (QED) is 0.678. The molecule has 0 spiro atoms. The lowest BCUT2D eigenvalue weighted by molar-refractivity contribution is -0.136. The number of hydrogen-bond donors (Lipinski definition) is 1. The molecule has 0 aromatic heterocycles. The topological polar surface area (TPSA) is 73.0 Å². The molecular weight excluding hydrogens is 328 g/mol. The Bertz CT molecular complexity index is 502. The highest BCUT2D eigenvalue weighted by atomic mass is 32.2. The molecule has 0 aliphatic carbocycles. The van der Waals surface area contributed by atoms with Gasteiger partial charge in [0.15, 0.2) is 0 Å². The Kier molecular flexibility index (Phi) is 5.78. The first kappa shape index (κ1) is 17.7. The van der Waals surface area contributed by atoms with Crippen molar-refractivity contribution in [3.05, 3.63) is 0 Å². The number of ketones is 1. The van der Waals surface area contributed by atoms with Crippen molar-refractivity contribution in [3.8, 4) is 0 Å². The molecule has 3 saturated heterocycles. The lowest BCUT2D eigenvalue weighted by Crippen LogP contribution is -2.52. The van der Waals surface area contributed by atoms with Gasteiger partial charge in [-0.3, -0.25) is 19.3 Å². The molecule has 3 rings (SSSR count). The second-order valence-electron chi connectivity index (χ2n) is 6.78. The van der Waals surface area contributed by atoms with Crippen LogP contribution in [0.15, 0.2) is 0 Å². The van der Waals surface area contributed by atoms with Crippen LogP contribution < -0.4 is 5.32 Å². The Hall–Kier alpha value is -1.12. The van der Waals surface area contributed by atoms with Crippen molar-refractivity contribution >= 4 is 29.4 Å². The minimum absolute atomic E-state index is 0.00933. The predicted molar refractivity (Wildman–Crippen MR) is 92.7 cm³/mol. The molecule has 3 aliphatic rings. The maximum atomic E-state index is 12.5. The molecule has 0 bridgehead atoms. The van der Waals surface area contributed by atoms with Crippen LogP contribution in [-0.2, 0) is 14.4 Å². The molecular formula is C16H26N4O3S. The van der Waals surface area contributed by atoms with E-state index in [4.69, 9.17) is 0 Å². The number of Topliss-reactive ketones (excluding diaryl/α,β-unsaturated/α-hetero) is 1.